The van der Waals surface area contributed by atoms with Gasteiger partial charge in [-0.3, -0.25) is 9.59 Å². The second-order valence-electron chi connectivity index (χ2n) is 5.43. The summed E-state index contributed by atoms with van der Waals surface area (Å²) in [5, 5.41) is 0. The van der Waals surface area contributed by atoms with Crippen LogP contribution < -0.4 is 5.73 Å². The van der Waals surface area contributed by atoms with Gasteiger partial charge in [0.05, 0.1) is 5.56 Å². The van der Waals surface area contributed by atoms with Crippen molar-refractivity contribution in [3.05, 3.63) is 29.3 Å². The zero-order valence-electron chi connectivity index (χ0n) is 12.2. The quantitative estimate of drug-likeness (QED) is 0.827. The van der Waals surface area contributed by atoms with Crippen LogP contribution in [0.3, 0.4) is 0 Å². The van der Waals surface area contributed by atoms with Crippen molar-refractivity contribution >= 4 is 17.5 Å². The van der Waals surface area contributed by atoms with Crippen LogP contribution in [-0.2, 0) is 4.79 Å². The molecule has 0 saturated carbocycles. The first-order valence-electron chi connectivity index (χ1n) is 6.80. The lowest BCUT2D eigenvalue weighted by Gasteiger charge is -2.27. The highest BCUT2D eigenvalue weighted by Gasteiger charge is 2.36. The lowest BCUT2D eigenvalue weighted by atomic mass is 10.0. The summed E-state index contributed by atoms with van der Waals surface area (Å²) in [5.74, 6) is -0.165. The zero-order valence-corrected chi connectivity index (χ0v) is 12.2. The van der Waals surface area contributed by atoms with Crippen molar-refractivity contribution in [3.8, 4) is 0 Å². The van der Waals surface area contributed by atoms with Crippen LogP contribution in [0.2, 0.25) is 0 Å². The number of aryl methyl sites for hydroxylation is 1. The molecule has 5 heteroatoms. The fraction of sp³-hybridized carbons (Fsp3) is 0.467. The fourth-order valence-electron chi connectivity index (χ4n) is 2.69. The Balaban J connectivity index is 2.31. The van der Waals surface area contributed by atoms with E-state index < -0.39 is 0 Å². The molecule has 108 valence electrons. The number of nitrogen functional groups attached to an aromatic ring is 1. The van der Waals surface area contributed by atoms with Crippen molar-refractivity contribution in [1.82, 2.24) is 9.80 Å². The summed E-state index contributed by atoms with van der Waals surface area (Å²) < 4.78 is 0. The van der Waals surface area contributed by atoms with Crippen LogP contribution in [0.25, 0.3) is 0 Å². The molecule has 0 spiro atoms. The van der Waals surface area contributed by atoms with Gasteiger partial charge < -0.3 is 15.5 Å². The van der Waals surface area contributed by atoms with Gasteiger partial charge in [0.1, 0.15) is 6.04 Å². The number of nitrogens with zero attached hydrogens (tertiary/aromatic N) is 2. The van der Waals surface area contributed by atoms with Crippen LogP contribution in [0, 0.1) is 6.92 Å². The van der Waals surface area contributed by atoms with Crippen molar-refractivity contribution < 1.29 is 9.59 Å². The van der Waals surface area contributed by atoms with Gasteiger partial charge in [0.2, 0.25) is 5.91 Å². The van der Waals surface area contributed by atoms with Crippen LogP contribution in [0.15, 0.2) is 18.2 Å². The number of likely N-dealkylation sites (tertiary alicyclic amines) is 1. The topological polar surface area (TPSA) is 66.6 Å². The highest BCUT2D eigenvalue weighted by molar-refractivity contribution is 6.02. The molecule has 0 radical (unpaired) electrons. The smallest absolute Gasteiger partial charge is 0.256 e. The van der Waals surface area contributed by atoms with Crippen molar-refractivity contribution in [3.63, 3.8) is 0 Å². The summed E-state index contributed by atoms with van der Waals surface area (Å²) >= 11 is 0. The molecule has 2 rings (SSSR count). The van der Waals surface area contributed by atoms with E-state index in [1.807, 2.05) is 19.1 Å². The summed E-state index contributed by atoms with van der Waals surface area (Å²) in [6, 6.07) is 5.05. The lowest BCUT2D eigenvalue weighted by molar-refractivity contribution is -0.132. The molecule has 0 aromatic heterocycles. The van der Waals surface area contributed by atoms with Crippen LogP contribution in [0.5, 0.6) is 0 Å². The predicted molar refractivity (Wildman–Crippen MR) is 78.3 cm³/mol. The molecular weight excluding hydrogens is 254 g/mol. The molecule has 0 bridgehead atoms. The molecule has 1 aliphatic rings. The standard InChI is InChI=1S/C15H21N3O2/c1-10-6-4-7-11(16)13(10)15(20)18-9-5-8-12(18)14(19)17(2)3/h4,6-7,12H,5,8-9,16H2,1-3H3. The van der Waals surface area contributed by atoms with Crippen molar-refractivity contribution in [1.29, 1.82) is 0 Å². The molecule has 1 unspecified atom stereocenters. The molecule has 1 atom stereocenters. The highest BCUT2D eigenvalue weighted by Crippen LogP contribution is 2.25. The van der Waals surface area contributed by atoms with E-state index in [0.29, 0.717) is 24.2 Å². The van der Waals surface area contributed by atoms with Crippen LogP contribution in [0.4, 0.5) is 5.69 Å². The summed E-state index contributed by atoms with van der Waals surface area (Å²) in [7, 11) is 3.43. The van der Waals surface area contributed by atoms with Crippen LogP contribution in [-0.4, -0.2) is 48.3 Å². The number of carbonyl (C=O) groups is 2. The predicted octanol–water partition coefficient (Wildman–Crippen LogP) is 1.27. The number of nitrogens with two attached hydrogens (primary N) is 1. The monoisotopic (exact) mass is 275 g/mol. The number of rotatable bonds is 2. The molecule has 1 aromatic rings. The van der Waals surface area contributed by atoms with Crippen molar-refractivity contribution in [2.24, 2.45) is 0 Å². The Hall–Kier alpha value is -2.04. The molecule has 1 heterocycles. The fourth-order valence-corrected chi connectivity index (χ4v) is 2.69. The molecule has 0 aliphatic carbocycles. The second-order valence-corrected chi connectivity index (χ2v) is 5.43. The van der Waals surface area contributed by atoms with Gasteiger partial charge in [-0.15, -0.1) is 0 Å². The molecule has 5 nitrogen and oxygen atoms in total. The number of carbonyl (C=O) groups excluding carboxylic acids is 2. The van der Waals surface area contributed by atoms with E-state index in [1.165, 1.54) is 4.90 Å². The Kier molecular flexibility index (Phi) is 3.97. The van der Waals surface area contributed by atoms with E-state index in [2.05, 4.69) is 0 Å². The first-order valence-corrected chi connectivity index (χ1v) is 6.80. The van der Waals surface area contributed by atoms with Crippen LogP contribution in [0.1, 0.15) is 28.8 Å². The first kappa shape index (κ1) is 14.4. The van der Waals surface area contributed by atoms with Gasteiger partial charge in [0, 0.05) is 26.3 Å². The minimum atomic E-state index is -0.364. The molecule has 2 N–H and O–H groups in total. The Morgan fingerprint density at radius 3 is 2.65 bits per heavy atom. The molecule has 1 saturated heterocycles. The third kappa shape index (κ3) is 2.48. The minimum absolute atomic E-state index is 0.0250. The maximum atomic E-state index is 12.7. The number of hydrogen-bond donors (Lipinski definition) is 1. The van der Waals surface area contributed by atoms with E-state index in [1.54, 1.807) is 25.1 Å². The van der Waals surface area contributed by atoms with E-state index in [9.17, 15) is 9.59 Å². The Morgan fingerprint density at radius 1 is 1.35 bits per heavy atom. The number of benzene rings is 1. The van der Waals surface area contributed by atoms with Crippen molar-refractivity contribution in [2.75, 3.05) is 26.4 Å². The molecule has 20 heavy (non-hydrogen) atoms. The Morgan fingerprint density at radius 2 is 2.05 bits per heavy atom. The third-order valence-corrected chi connectivity index (χ3v) is 3.76. The second kappa shape index (κ2) is 5.53. The van der Waals surface area contributed by atoms with Gasteiger partial charge in [-0.25, -0.2) is 0 Å². The van der Waals surface area contributed by atoms with Gasteiger partial charge in [0.25, 0.3) is 5.91 Å². The summed E-state index contributed by atoms with van der Waals surface area (Å²) in [5.41, 5.74) is 7.76. The average Bonchev–Trinajstić information content (AvgIpc) is 2.86. The van der Waals surface area contributed by atoms with Gasteiger partial charge in [-0.1, -0.05) is 12.1 Å². The van der Waals surface area contributed by atoms with E-state index in [0.717, 1.165) is 12.0 Å². The van der Waals surface area contributed by atoms with Gasteiger partial charge >= 0.3 is 0 Å². The number of likely N-dealkylation sites (N-methyl/N-ethyl adjacent to an activating group) is 1. The van der Waals surface area contributed by atoms with Gasteiger partial charge in [-0.05, 0) is 31.4 Å². The summed E-state index contributed by atoms with van der Waals surface area (Å²) in [6.07, 6.45) is 1.57. The number of hydrogen-bond acceptors (Lipinski definition) is 3. The maximum absolute atomic E-state index is 12.7. The lowest BCUT2D eigenvalue weighted by Crippen LogP contribution is -2.45. The van der Waals surface area contributed by atoms with Gasteiger partial charge in [-0.2, -0.15) is 0 Å². The van der Waals surface area contributed by atoms with E-state index >= 15 is 0 Å². The average molecular weight is 275 g/mol. The minimum Gasteiger partial charge on any atom is -0.398 e. The summed E-state index contributed by atoms with van der Waals surface area (Å²) in [6.45, 7) is 2.47. The number of anilines is 1. The third-order valence-electron chi connectivity index (χ3n) is 3.76. The molecule has 1 aliphatic heterocycles. The Bertz CT molecular complexity index is 520. The normalized spacial score (nSPS) is 18.1. The molecule has 1 aromatic carbocycles. The van der Waals surface area contributed by atoms with Crippen LogP contribution >= 0.6 is 0 Å². The maximum Gasteiger partial charge on any atom is 0.256 e. The van der Waals surface area contributed by atoms with Gasteiger partial charge in [0.15, 0.2) is 0 Å². The SMILES string of the molecule is Cc1cccc(N)c1C(=O)N1CCCC1C(=O)N(C)C. The number of amides is 2. The Labute approximate surface area is 119 Å². The molecular formula is C15H21N3O2. The summed E-state index contributed by atoms with van der Waals surface area (Å²) in [4.78, 5) is 28.1. The van der Waals surface area contributed by atoms with E-state index in [4.69, 9.17) is 5.73 Å². The highest BCUT2D eigenvalue weighted by atomic mass is 16.2. The van der Waals surface area contributed by atoms with E-state index in [-0.39, 0.29) is 17.9 Å². The largest absolute Gasteiger partial charge is 0.398 e. The molecule has 2 amide bonds. The zero-order chi connectivity index (χ0) is 14.9. The first-order chi connectivity index (χ1) is 9.43. The van der Waals surface area contributed by atoms with Crippen molar-refractivity contribution in [2.45, 2.75) is 25.8 Å². The molecule has 1 fully saturated rings.